The number of nitrogens with one attached hydrogen (secondary N) is 3. The van der Waals surface area contributed by atoms with Crippen LogP contribution in [0.1, 0.15) is 37.7 Å². The first kappa shape index (κ1) is 21.0. The quantitative estimate of drug-likeness (QED) is 0.260. The molecule has 0 radical (unpaired) electrons. The maximum absolute atomic E-state index is 5.03. The van der Waals surface area contributed by atoms with Crippen molar-refractivity contribution in [3.8, 4) is 0 Å². The second kappa shape index (κ2) is 12.4. The molecule has 0 heterocycles. The van der Waals surface area contributed by atoms with E-state index in [0.29, 0.717) is 12.6 Å². The molecule has 0 amide bonds. The highest BCUT2D eigenvalue weighted by Crippen LogP contribution is 2.17. The number of nitrogens with zero attached hydrogens (tertiary/aromatic N) is 1. The molecule has 0 atom stereocenters. The molecule has 0 spiro atoms. The number of halogens is 1. The van der Waals surface area contributed by atoms with Crippen LogP contribution in [0, 0.1) is 0 Å². The molecule has 1 aliphatic carbocycles. The summed E-state index contributed by atoms with van der Waals surface area (Å²) in [6.45, 7) is 2.32. The third-order valence-electron chi connectivity index (χ3n) is 4.22. The number of rotatable bonds is 7. The fourth-order valence-electron chi connectivity index (χ4n) is 2.86. The van der Waals surface area contributed by atoms with Gasteiger partial charge in [0.05, 0.1) is 6.61 Å². The summed E-state index contributed by atoms with van der Waals surface area (Å²) in [5.74, 6) is 0.902. The first-order valence-corrected chi connectivity index (χ1v) is 8.60. The van der Waals surface area contributed by atoms with Gasteiger partial charge in [0.1, 0.15) is 0 Å². The predicted octanol–water partition coefficient (Wildman–Crippen LogP) is 3.36. The Bertz CT molecular complexity index is 472. The van der Waals surface area contributed by atoms with E-state index in [9.17, 15) is 0 Å². The van der Waals surface area contributed by atoms with Crippen molar-refractivity contribution in [1.29, 1.82) is 0 Å². The van der Waals surface area contributed by atoms with Crippen molar-refractivity contribution in [2.24, 2.45) is 4.99 Å². The average Bonchev–Trinajstić information content (AvgIpc) is 2.61. The van der Waals surface area contributed by atoms with Gasteiger partial charge in [0.25, 0.3) is 0 Å². The Morgan fingerprint density at radius 3 is 2.50 bits per heavy atom. The highest BCUT2D eigenvalue weighted by atomic mass is 127. The molecule has 0 aliphatic heterocycles. The number of anilines is 1. The molecule has 0 aromatic heterocycles. The molecule has 5 nitrogen and oxygen atoms in total. The number of ether oxygens (including phenoxy) is 1. The summed E-state index contributed by atoms with van der Waals surface area (Å²) in [6, 6.07) is 9.04. The van der Waals surface area contributed by atoms with Gasteiger partial charge in [0.15, 0.2) is 5.96 Å². The molecular weight excluding hydrogens is 415 g/mol. The van der Waals surface area contributed by atoms with Crippen LogP contribution in [0.2, 0.25) is 0 Å². The van der Waals surface area contributed by atoms with Crippen molar-refractivity contribution in [2.45, 2.75) is 44.7 Å². The molecule has 1 aromatic carbocycles. The van der Waals surface area contributed by atoms with Gasteiger partial charge in [-0.1, -0.05) is 31.4 Å². The Labute approximate surface area is 163 Å². The van der Waals surface area contributed by atoms with Gasteiger partial charge in [-0.15, -0.1) is 24.0 Å². The van der Waals surface area contributed by atoms with Crippen molar-refractivity contribution in [1.82, 2.24) is 10.6 Å². The molecule has 2 rings (SSSR count). The monoisotopic (exact) mass is 446 g/mol. The van der Waals surface area contributed by atoms with Crippen molar-refractivity contribution in [3.05, 3.63) is 29.8 Å². The van der Waals surface area contributed by atoms with E-state index in [4.69, 9.17) is 4.74 Å². The first-order valence-electron chi connectivity index (χ1n) is 8.60. The predicted molar refractivity (Wildman–Crippen MR) is 112 cm³/mol. The molecule has 1 fully saturated rings. The number of aliphatic imine (C=N–C) groups is 1. The van der Waals surface area contributed by atoms with Crippen LogP contribution in [0.25, 0.3) is 0 Å². The third kappa shape index (κ3) is 7.70. The highest BCUT2D eigenvalue weighted by Gasteiger charge is 2.14. The highest BCUT2D eigenvalue weighted by molar-refractivity contribution is 14.0. The maximum Gasteiger partial charge on any atom is 0.191 e. The molecule has 6 heteroatoms. The largest absolute Gasteiger partial charge is 0.383 e. The molecule has 24 heavy (non-hydrogen) atoms. The van der Waals surface area contributed by atoms with Crippen molar-refractivity contribution in [3.63, 3.8) is 0 Å². The zero-order valence-electron chi connectivity index (χ0n) is 14.8. The van der Waals surface area contributed by atoms with Crippen molar-refractivity contribution < 1.29 is 4.74 Å². The van der Waals surface area contributed by atoms with Crippen LogP contribution in [0.5, 0.6) is 0 Å². The Morgan fingerprint density at radius 2 is 1.88 bits per heavy atom. The topological polar surface area (TPSA) is 57.7 Å². The fraction of sp³-hybridized carbons (Fsp3) is 0.611. The van der Waals surface area contributed by atoms with E-state index in [1.807, 2.05) is 7.05 Å². The molecular formula is C18H31IN4O. The lowest BCUT2D eigenvalue weighted by Crippen LogP contribution is -2.43. The van der Waals surface area contributed by atoms with Crippen LogP contribution < -0.4 is 16.0 Å². The number of benzene rings is 1. The SMILES string of the molecule is CN=C(NCc1ccc(NCCOC)cc1)NC1CCCCC1.I. The van der Waals surface area contributed by atoms with Gasteiger partial charge in [-0.05, 0) is 30.5 Å². The summed E-state index contributed by atoms with van der Waals surface area (Å²) in [5.41, 5.74) is 2.37. The van der Waals surface area contributed by atoms with E-state index in [1.165, 1.54) is 37.7 Å². The summed E-state index contributed by atoms with van der Waals surface area (Å²) >= 11 is 0. The second-order valence-corrected chi connectivity index (χ2v) is 6.02. The molecule has 0 saturated heterocycles. The van der Waals surface area contributed by atoms with E-state index in [1.54, 1.807) is 7.11 Å². The minimum absolute atomic E-state index is 0. The van der Waals surface area contributed by atoms with Gasteiger partial charge in [-0.2, -0.15) is 0 Å². The van der Waals surface area contributed by atoms with E-state index >= 15 is 0 Å². The van der Waals surface area contributed by atoms with Gasteiger partial charge in [-0.3, -0.25) is 4.99 Å². The van der Waals surface area contributed by atoms with Gasteiger partial charge in [0.2, 0.25) is 0 Å². The van der Waals surface area contributed by atoms with E-state index in [0.717, 1.165) is 24.7 Å². The summed E-state index contributed by atoms with van der Waals surface area (Å²) in [4.78, 5) is 4.33. The van der Waals surface area contributed by atoms with E-state index in [2.05, 4.69) is 45.2 Å². The molecule has 1 aromatic rings. The lowest BCUT2D eigenvalue weighted by Gasteiger charge is -2.24. The molecule has 0 bridgehead atoms. The van der Waals surface area contributed by atoms with Crippen LogP contribution in [0.3, 0.4) is 0 Å². The summed E-state index contributed by atoms with van der Waals surface area (Å²) < 4.78 is 5.03. The number of hydrogen-bond acceptors (Lipinski definition) is 3. The molecule has 3 N–H and O–H groups in total. The Balaban J connectivity index is 0.00000288. The lowest BCUT2D eigenvalue weighted by molar-refractivity contribution is 0.211. The Kier molecular flexibility index (Phi) is 10.8. The normalized spacial score (nSPS) is 15.5. The number of hydrogen-bond donors (Lipinski definition) is 3. The van der Waals surface area contributed by atoms with Crippen LogP contribution >= 0.6 is 24.0 Å². The number of methoxy groups -OCH3 is 1. The van der Waals surface area contributed by atoms with Crippen molar-refractivity contribution >= 4 is 35.6 Å². The van der Waals surface area contributed by atoms with Gasteiger partial charge in [-0.25, -0.2) is 0 Å². The summed E-state index contributed by atoms with van der Waals surface area (Å²) in [5, 5.41) is 10.3. The van der Waals surface area contributed by atoms with Crippen LogP contribution in [-0.2, 0) is 11.3 Å². The zero-order valence-corrected chi connectivity index (χ0v) is 17.1. The molecule has 136 valence electrons. The molecule has 1 aliphatic rings. The van der Waals surface area contributed by atoms with Crippen LogP contribution in [0.15, 0.2) is 29.3 Å². The van der Waals surface area contributed by atoms with E-state index < -0.39 is 0 Å². The van der Waals surface area contributed by atoms with E-state index in [-0.39, 0.29) is 24.0 Å². The number of guanidine groups is 1. The molecule has 0 unspecified atom stereocenters. The smallest absolute Gasteiger partial charge is 0.191 e. The minimum Gasteiger partial charge on any atom is -0.383 e. The minimum atomic E-state index is 0. The summed E-state index contributed by atoms with van der Waals surface area (Å²) in [6.07, 6.45) is 6.53. The Morgan fingerprint density at radius 1 is 1.17 bits per heavy atom. The summed E-state index contributed by atoms with van der Waals surface area (Å²) in [7, 11) is 3.55. The van der Waals surface area contributed by atoms with Crippen LogP contribution in [-0.4, -0.2) is 39.3 Å². The average molecular weight is 446 g/mol. The Hall–Kier alpha value is -1.02. The van der Waals surface area contributed by atoms with Gasteiger partial charge < -0.3 is 20.7 Å². The third-order valence-corrected chi connectivity index (χ3v) is 4.22. The molecule has 1 saturated carbocycles. The zero-order chi connectivity index (χ0) is 16.3. The first-order chi connectivity index (χ1) is 11.3. The fourth-order valence-corrected chi connectivity index (χ4v) is 2.86. The standard InChI is InChI=1S/C18H30N4O.HI/c1-19-18(22-17-6-4-3-5-7-17)21-14-15-8-10-16(11-9-15)20-12-13-23-2;/h8-11,17,20H,3-7,12-14H2,1-2H3,(H2,19,21,22);1H. The van der Waals surface area contributed by atoms with Gasteiger partial charge >= 0.3 is 0 Å². The van der Waals surface area contributed by atoms with Gasteiger partial charge in [0, 0.05) is 39.0 Å². The second-order valence-electron chi connectivity index (χ2n) is 6.02. The van der Waals surface area contributed by atoms with Crippen LogP contribution in [0.4, 0.5) is 5.69 Å². The lowest BCUT2D eigenvalue weighted by atomic mass is 9.96. The van der Waals surface area contributed by atoms with Crippen molar-refractivity contribution in [2.75, 3.05) is 32.6 Å². The maximum atomic E-state index is 5.03.